The number of nitrogens with zero attached hydrogens (tertiary/aromatic N) is 1. The first kappa shape index (κ1) is 17.9. The van der Waals surface area contributed by atoms with Gasteiger partial charge in [0.1, 0.15) is 5.75 Å². The predicted octanol–water partition coefficient (Wildman–Crippen LogP) is 2.36. The molecule has 0 amide bonds. The third-order valence-electron chi connectivity index (χ3n) is 6.20. The van der Waals surface area contributed by atoms with Gasteiger partial charge in [-0.15, -0.1) is 0 Å². The van der Waals surface area contributed by atoms with E-state index in [0.717, 1.165) is 68.0 Å². The van der Waals surface area contributed by atoms with Crippen molar-refractivity contribution in [3.63, 3.8) is 0 Å². The van der Waals surface area contributed by atoms with Crippen LogP contribution in [-0.2, 0) is 11.3 Å². The number of aliphatic hydroxyl groups is 1. The number of benzene rings is 1. The number of fused-ring (bicyclic) bond motifs is 2. The van der Waals surface area contributed by atoms with Gasteiger partial charge >= 0.3 is 0 Å². The number of hydrogen-bond donors (Lipinski definition) is 1. The summed E-state index contributed by atoms with van der Waals surface area (Å²) >= 11 is 0. The monoisotopic (exact) mass is 363 g/mol. The lowest BCUT2D eigenvalue weighted by Gasteiger charge is -2.42. The van der Waals surface area contributed by atoms with Crippen molar-refractivity contribution < 1.29 is 24.1 Å². The highest BCUT2D eigenvalue weighted by atomic mass is 16.5. The molecule has 1 aromatic rings. The fourth-order valence-corrected chi connectivity index (χ4v) is 4.72. The predicted molar refractivity (Wildman–Crippen MR) is 97.0 cm³/mol. The zero-order valence-electron chi connectivity index (χ0n) is 15.7. The van der Waals surface area contributed by atoms with E-state index in [-0.39, 0.29) is 17.7 Å². The summed E-state index contributed by atoms with van der Waals surface area (Å²) in [5.74, 6) is 2.36. The number of rotatable bonds is 4. The molecule has 3 atom stereocenters. The minimum atomic E-state index is -0.241. The van der Waals surface area contributed by atoms with E-state index in [1.54, 1.807) is 7.11 Å². The molecule has 1 saturated carbocycles. The van der Waals surface area contributed by atoms with E-state index < -0.39 is 0 Å². The first-order chi connectivity index (χ1) is 12.6. The van der Waals surface area contributed by atoms with Gasteiger partial charge in [0.15, 0.2) is 11.5 Å². The molecule has 2 fully saturated rings. The Balaban J connectivity index is 1.59. The van der Waals surface area contributed by atoms with Crippen LogP contribution in [0.1, 0.15) is 37.7 Å². The van der Waals surface area contributed by atoms with Gasteiger partial charge in [0, 0.05) is 44.3 Å². The van der Waals surface area contributed by atoms with Crippen LogP contribution in [0, 0.1) is 0 Å². The van der Waals surface area contributed by atoms with Gasteiger partial charge in [0.05, 0.1) is 32.0 Å². The molecule has 4 rings (SSSR count). The van der Waals surface area contributed by atoms with E-state index in [9.17, 15) is 5.11 Å². The molecule has 0 bridgehead atoms. The molecule has 0 unspecified atom stereocenters. The quantitative estimate of drug-likeness (QED) is 0.886. The van der Waals surface area contributed by atoms with E-state index >= 15 is 0 Å². The molecule has 6 heteroatoms. The number of ether oxygens (including phenoxy) is 4. The average Bonchev–Trinajstić information content (AvgIpc) is 2.85. The lowest BCUT2D eigenvalue weighted by atomic mass is 9.79. The van der Waals surface area contributed by atoms with E-state index in [1.807, 2.05) is 19.2 Å². The van der Waals surface area contributed by atoms with Crippen molar-refractivity contribution in [2.45, 2.75) is 56.4 Å². The summed E-state index contributed by atoms with van der Waals surface area (Å²) in [4.78, 5) is 2.42. The van der Waals surface area contributed by atoms with Gasteiger partial charge in [-0.25, -0.2) is 0 Å². The Morgan fingerprint density at radius 3 is 2.69 bits per heavy atom. The minimum absolute atomic E-state index is 0.127. The molecule has 0 radical (unpaired) electrons. The van der Waals surface area contributed by atoms with E-state index in [4.69, 9.17) is 18.9 Å². The normalized spacial score (nSPS) is 31.3. The third-order valence-corrected chi connectivity index (χ3v) is 6.20. The topological polar surface area (TPSA) is 60.4 Å². The van der Waals surface area contributed by atoms with Gasteiger partial charge < -0.3 is 24.1 Å². The van der Waals surface area contributed by atoms with Gasteiger partial charge in [-0.1, -0.05) is 0 Å². The maximum Gasteiger partial charge on any atom is 0.164 e. The Bertz CT molecular complexity index is 651. The zero-order chi connectivity index (χ0) is 18.1. The summed E-state index contributed by atoms with van der Waals surface area (Å²) in [6.45, 7) is 3.05. The second kappa shape index (κ2) is 7.25. The molecule has 6 nitrogen and oxygen atoms in total. The first-order valence-electron chi connectivity index (χ1n) is 9.59. The Hall–Kier alpha value is -1.50. The Kier molecular flexibility index (Phi) is 4.99. The van der Waals surface area contributed by atoms with Crippen molar-refractivity contribution in [1.29, 1.82) is 0 Å². The lowest BCUT2D eigenvalue weighted by Crippen LogP contribution is -2.51. The molecule has 1 N–H and O–H groups in total. The summed E-state index contributed by atoms with van der Waals surface area (Å²) in [7, 11) is 3.50. The highest BCUT2D eigenvalue weighted by molar-refractivity contribution is 5.51. The summed E-state index contributed by atoms with van der Waals surface area (Å²) in [6.07, 6.45) is 4.16. The van der Waals surface area contributed by atoms with Crippen LogP contribution in [0.2, 0.25) is 0 Å². The highest BCUT2D eigenvalue weighted by Crippen LogP contribution is 2.44. The average molecular weight is 363 g/mol. The van der Waals surface area contributed by atoms with E-state index in [2.05, 4.69) is 4.90 Å². The molecule has 1 saturated heterocycles. The van der Waals surface area contributed by atoms with Gasteiger partial charge in [-0.2, -0.15) is 0 Å². The maximum atomic E-state index is 10.2. The van der Waals surface area contributed by atoms with Crippen LogP contribution in [0.15, 0.2) is 12.1 Å². The minimum Gasteiger partial charge on any atom is -0.496 e. The fraction of sp³-hybridized carbons (Fsp3) is 0.700. The molecule has 0 spiro atoms. The van der Waals surface area contributed by atoms with Crippen LogP contribution in [0.3, 0.4) is 0 Å². The number of hydrogen-bond acceptors (Lipinski definition) is 6. The standard InChI is InChI=1S/C20H29NO5/c1-23-16-12-18-17(25-8-3-9-26-18)10-14(16)13-21-7-6-20(24-2)5-4-15(22)11-19(20)21/h10,12,15,19,22H,3-9,11,13H2,1-2H3/t15-,19-,20+/m0/s1. The zero-order valence-corrected chi connectivity index (χ0v) is 15.7. The number of aliphatic hydroxyl groups excluding tert-OH is 1. The molecule has 144 valence electrons. The highest BCUT2D eigenvalue weighted by Gasteiger charge is 2.50. The fourth-order valence-electron chi connectivity index (χ4n) is 4.72. The maximum absolute atomic E-state index is 10.2. The smallest absolute Gasteiger partial charge is 0.164 e. The van der Waals surface area contributed by atoms with Crippen LogP contribution < -0.4 is 14.2 Å². The van der Waals surface area contributed by atoms with Crippen molar-refractivity contribution in [3.05, 3.63) is 17.7 Å². The van der Waals surface area contributed by atoms with Crippen LogP contribution in [-0.4, -0.2) is 61.7 Å². The molecule has 0 aromatic heterocycles. The van der Waals surface area contributed by atoms with Crippen molar-refractivity contribution >= 4 is 0 Å². The lowest BCUT2D eigenvalue weighted by molar-refractivity contribution is -0.0880. The van der Waals surface area contributed by atoms with Crippen molar-refractivity contribution in [2.75, 3.05) is 34.0 Å². The Morgan fingerprint density at radius 1 is 1.19 bits per heavy atom. The molecule has 2 aliphatic heterocycles. The van der Waals surface area contributed by atoms with Gasteiger partial charge in [-0.05, 0) is 31.7 Å². The summed E-state index contributed by atoms with van der Waals surface area (Å²) in [6, 6.07) is 4.22. The third kappa shape index (κ3) is 3.15. The second-order valence-electron chi connectivity index (χ2n) is 7.59. The van der Waals surface area contributed by atoms with Gasteiger partial charge in [0.25, 0.3) is 0 Å². The Morgan fingerprint density at radius 2 is 1.96 bits per heavy atom. The summed E-state index contributed by atoms with van der Waals surface area (Å²) < 4.78 is 23.2. The van der Waals surface area contributed by atoms with Crippen molar-refractivity contribution in [3.8, 4) is 17.2 Å². The molecule has 1 aliphatic carbocycles. The summed E-state index contributed by atoms with van der Waals surface area (Å²) in [5.41, 5.74) is 0.960. The largest absolute Gasteiger partial charge is 0.496 e. The SMILES string of the molecule is COc1cc2c(cc1CN1CC[C@]3(OC)CC[C@H](O)C[C@H]13)OCCCO2. The Labute approximate surface area is 155 Å². The van der Waals surface area contributed by atoms with E-state index in [1.165, 1.54) is 0 Å². The van der Waals surface area contributed by atoms with Crippen LogP contribution in [0.25, 0.3) is 0 Å². The molecule has 26 heavy (non-hydrogen) atoms. The molecular formula is C20H29NO5. The summed E-state index contributed by atoms with van der Waals surface area (Å²) in [5, 5.41) is 10.2. The molecule has 1 aromatic carbocycles. The van der Waals surface area contributed by atoms with Crippen LogP contribution in [0.5, 0.6) is 17.2 Å². The molecule has 3 aliphatic rings. The van der Waals surface area contributed by atoms with Crippen LogP contribution in [0.4, 0.5) is 0 Å². The van der Waals surface area contributed by atoms with Gasteiger partial charge in [-0.3, -0.25) is 4.90 Å². The van der Waals surface area contributed by atoms with Crippen LogP contribution >= 0.6 is 0 Å². The van der Waals surface area contributed by atoms with Crippen molar-refractivity contribution in [1.82, 2.24) is 4.90 Å². The molecule has 2 heterocycles. The number of methoxy groups -OCH3 is 2. The number of likely N-dealkylation sites (tertiary alicyclic amines) is 1. The first-order valence-corrected chi connectivity index (χ1v) is 9.59. The van der Waals surface area contributed by atoms with Gasteiger partial charge in [0.2, 0.25) is 0 Å². The molecular weight excluding hydrogens is 334 g/mol. The second-order valence-corrected chi connectivity index (χ2v) is 7.59. The van der Waals surface area contributed by atoms with E-state index in [0.29, 0.717) is 13.2 Å². The van der Waals surface area contributed by atoms with Crippen molar-refractivity contribution in [2.24, 2.45) is 0 Å².